The van der Waals surface area contributed by atoms with E-state index in [0.29, 0.717) is 37.2 Å². The first-order valence-electron chi connectivity index (χ1n) is 9.32. The lowest BCUT2D eigenvalue weighted by atomic mass is 9.69. The molecule has 140 valence electrons. The van der Waals surface area contributed by atoms with E-state index in [1.165, 1.54) is 12.8 Å². The number of benzene rings is 1. The number of carbonyl (C=O) groups is 1. The molecule has 2 saturated carbocycles. The summed E-state index contributed by atoms with van der Waals surface area (Å²) in [6.07, 6.45) is 6.27. The fourth-order valence-electron chi connectivity index (χ4n) is 4.15. The van der Waals surface area contributed by atoms with Crippen molar-refractivity contribution in [2.75, 3.05) is 7.11 Å². The SMILES string of the molecule is COc1ccc(C2(C#N)CCC(NC(=O)O)CC2)cc1OC1CCCC1. The zero-order valence-corrected chi connectivity index (χ0v) is 15.2. The number of nitrogens with one attached hydrogen (secondary N) is 1. The van der Waals surface area contributed by atoms with Gasteiger partial charge in [0.2, 0.25) is 0 Å². The summed E-state index contributed by atoms with van der Waals surface area (Å²) in [5.41, 5.74) is 0.332. The van der Waals surface area contributed by atoms with E-state index in [2.05, 4.69) is 11.4 Å². The average molecular weight is 358 g/mol. The van der Waals surface area contributed by atoms with Crippen LogP contribution in [0.3, 0.4) is 0 Å². The predicted molar refractivity (Wildman–Crippen MR) is 96.6 cm³/mol. The monoisotopic (exact) mass is 358 g/mol. The maximum absolute atomic E-state index is 10.8. The van der Waals surface area contributed by atoms with Crippen LogP contribution in [0.2, 0.25) is 0 Å². The molecular weight excluding hydrogens is 332 g/mol. The summed E-state index contributed by atoms with van der Waals surface area (Å²) in [5, 5.41) is 21.3. The summed E-state index contributed by atoms with van der Waals surface area (Å²) in [7, 11) is 1.62. The Balaban J connectivity index is 1.80. The largest absolute Gasteiger partial charge is 0.493 e. The van der Waals surface area contributed by atoms with Gasteiger partial charge in [0.15, 0.2) is 11.5 Å². The van der Waals surface area contributed by atoms with Gasteiger partial charge in [-0.05, 0) is 69.1 Å². The minimum atomic E-state index is -1.00. The summed E-state index contributed by atoms with van der Waals surface area (Å²) >= 11 is 0. The Kier molecular flexibility index (Phi) is 5.55. The normalized spacial score (nSPS) is 26.1. The molecule has 0 unspecified atom stereocenters. The van der Waals surface area contributed by atoms with Gasteiger partial charge in [0, 0.05) is 6.04 Å². The van der Waals surface area contributed by atoms with Crippen LogP contribution in [-0.2, 0) is 5.41 Å². The standard InChI is InChI=1S/C20H26N2O4/c1-25-17-7-6-14(12-18(17)26-16-4-2-3-5-16)20(13-21)10-8-15(9-11-20)22-19(23)24/h6-7,12,15-16,22H,2-5,8-11H2,1H3,(H,23,24). The van der Waals surface area contributed by atoms with E-state index in [1.807, 2.05) is 18.2 Å². The molecule has 0 spiro atoms. The summed E-state index contributed by atoms with van der Waals surface area (Å²) in [6.45, 7) is 0. The van der Waals surface area contributed by atoms with E-state index in [-0.39, 0.29) is 12.1 Å². The molecular formula is C20H26N2O4. The predicted octanol–water partition coefficient (Wildman–Crippen LogP) is 3.99. The van der Waals surface area contributed by atoms with Gasteiger partial charge in [-0.15, -0.1) is 0 Å². The van der Waals surface area contributed by atoms with E-state index in [1.54, 1.807) is 7.11 Å². The molecule has 3 rings (SSSR count). The van der Waals surface area contributed by atoms with Crippen LogP contribution < -0.4 is 14.8 Å². The van der Waals surface area contributed by atoms with Gasteiger partial charge in [-0.3, -0.25) is 0 Å². The van der Waals surface area contributed by atoms with Crippen molar-refractivity contribution in [3.05, 3.63) is 23.8 Å². The van der Waals surface area contributed by atoms with Gasteiger partial charge >= 0.3 is 6.09 Å². The smallest absolute Gasteiger partial charge is 0.404 e. The average Bonchev–Trinajstić information content (AvgIpc) is 3.15. The molecule has 0 saturated heterocycles. The Bertz CT molecular complexity index is 684. The molecule has 0 aromatic heterocycles. The summed E-state index contributed by atoms with van der Waals surface area (Å²) in [5.74, 6) is 1.40. The maximum Gasteiger partial charge on any atom is 0.404 e. The van der Waals surface area contributed by atoms with Crippen molar-refractivity contribution in [3.8, 4) is 17.6 Å². The molecule has 0 radical (unpaired) electrons. The molecule has 2 fully saturated rings. The second-order valence-corrected chi connectivity index (χ2v) is 7.31. The molecule has 6 heteroatoms. The number of hydrogen-bond acceptors (Lipinski definition) is 4. The minimum Gasteiger partial charge on any atom is -0.493 e. The van der Waals surface area contributed by atoms with Crippen LogP contribution in [0.15, 0.2) is 18.2 Å². The van der Waals surface area contributed by atoms with E-state index in [9.17, 15) is 10.1 Å². The highest BCUT2D eigenvalue weighted by Crippen LogP contribution is 2.42. The van der Waals surface area contributed by atoms with E-state index in [0.717, 1.165) is 18.4 Å². The highest BCUT2D eigenvalue weighted by molar-refractivity contribution is 5.64. The minimum absolute atomic E-state index is 0.0820. The highest BCUT2D eigenvalue weighted by atomic mass is 16.5. The van der Waals surface area contributed by atoms with Gasteiger partial charge < -0.3 is 19.9 Å². The Labute approximate surface area is 154 Å². The lowest BCUT2D eigenvalue weighted by molar-refractivity contribution is 0.182. The van der Waals surface area contributed by atoms with E-state index >= 15 is 0 Å². The second-order valence-electron chi connectivity index (χ2n) is 7.31. The third-order valence-electron chi connectivity index (χ3n) is 5.69. The molecule has 1 aromatic rings. The first-order chi connectivity index (χ1) is 12.6. The quantitative estimate of drug-likeness (QED) is 0.830. The van der Waals surface area contributed by atoms with Crippen molar-refractivity contribution >= 4 is 6.09 Å². The molecule has 0 heterocycles. The number of hydrogen-bond donors (Lipinski definition) is 2. The molecule has 1 amide bonds. The van der Waals surface area contributed by atoms with E-state index in [4.69, 9.17) is 14.6 Å². The van der Waals surface area contributed by atoms with Crippen molar-refractivity contribution in [3.63, 3.8) is 0 Å². The topological polar surface area (TPSA) is 91.6 Å². The van der Waals surface area contributed by atoms with Crippen molar-refractivity contribution in [1.82, 2.24) is 5.32 Å². The van der Waals surface area contributed by atoms with Gasteiger partial charge in [0.25, 0.3) is 0 Å². The molecule has 26 heavy (non-hydrogen) atoms. The molecule has 0 bridgehead atoms. The first-order valence-corrected chi connectivity index (χ1v) is 9.32. The van der Waals surface area contributed by atoms with Gasteiger partial charge in [0.1, 0.15) is 0 Å². The fourth-order valence-corrected chi connectivity index (χ4v) is 4.15. The number of nitriles is 1. The Morgan fingerprint density at radius 2 is 1.92 bits per heavy atom. The van der Waals surface area contributed by atoms with Gasteiger partial charge in [-0.2, -0.15) is 5.26 Å². The number of methoxy groups -OCH3 is 1. The van der Waals surface area contributed by atoms with Crippen LogP contribution in [0, 0.1) is 11.3 Å². The van der Waals surface area contributed by atoms with Crippen LogP contribution in [0.1, 0.15) is 56.9 Å². The van der Waals surface area contributed by atoms with Crippen LogP contribution in [-0.4, -0.2) is 30.5 Å². The highest BCUT2D eigenvalue weighted by Gasteiger charge is 2.38. The Morgan fingerprint density at radius 3 is 2.50 bits per heavy atom. The van der Waals surface area contributed by atoms with Crippen molar-refractivity contribution in [2.45, 2.75) is 68.9 Å². The maximum atomic E-state index is 10.8. The van der Waals surface area contributed by atoms with Crippen molar-refractivity contribution in [2.24, 2.45) is 0 Å². The molecule has 2 aliphatic rings. The van der Waals surface area contributed by atoms with Crippen LogP contribution in [0.5, 0.6) is 11.5 Å². The van der Waals surface area contributed by atoms with Crippen LogP contribution in [0.4, 0.5) is 4.79 Å². The Morgan fingerprint density at radius 1 is 1.23 bits per heavy atom. The zero-order chi connectivity index (χ0) is 18.6. The molecule has 2 aliphatic carbocycles. The lowest BCUT2D eigenvalue weighted by Crippen LogP contribution is -2.41. The third kappa shape index (κ3) is 3.87. The number of amides is 1. The molecule has 0 aliphatic heterocycles. The van der Waals surface area contributed by atoms with E-state index < -0.39 is 11.5 Å². The molecule has 1 aromatic carbocycles. The summed E-state index contributed by atoms with van der Waals surface area (Å²) in [6, 6.07) is 8.18. The second kappa shape index (κ2) is 7.86. The summed E-state index contributed by atoms with van der Waals surface area (Å²) in [4.78, 5) is 10.8. The molecule has 6 nitrogen and oxygen atoms in total. The number of ether oxygens (including phenoxy) is 2. The Hall–Kier alpha value is -2.42. The zero-order valence-electron chi connectivity index (χ0n) is 15.2. The fraction of sp³-hybridized carbons (Fsp3) is 0.600. The van der Waals surface area contributed by atoms with Gasteiger partial charge in [-0.1, -0.05) is 6.07 Å². The van der Waals surface area contributed by atoms with Crippen molar-refractivity contribution in [1.29, 1.82) is 5.26 Å². The lowest BCUT2D eigenvalue weighted by Gasteiger charge is -2.35. The molecule has 0 atom stereocenters. The number of carboxylic acid groups (broad SMARTS) is 1. The van der Waals surface area contributed by atoms with Gasteiger partial charge in [0.05, 0.1) is 24.7 Å². The summed E-state index contributed by atoms with van der Waals surface area (Å²) < 4.78 is 11.6. The van der Waals surface area contributed by atoms with Gasteiger partial charge in [-0.25, -0.2) is 4.79 Å². The van der Waals surface area contributed by atoms with Crippen molar-refractivity contribution < 1.29 is 19.4 Å². The third-order valence-corrected chi connectivity index (χ3v) is 5.69. The first kappa shape index (κ1) is 18.4. The van der Waals surface area contributed by atoms with Crippen LogP contribution >= 0.6 is 0 Å². The number of nitrogens with zero attached hydrogens (tertiary/aromatic N) is 1. The molecule has 2 N–H and O–H groups in total. The number of rotatable bonds is 5. The van der Waals surface area contributed by atoms with Crippen LogP contribution in [0.25, 0.3) is 0 Å².